The van der Waals surface area contributed by atoms with Crippen molar-refractivity contribution in [2.75, 3.05) is 0 Å². The van der Waals surface area contributed by atoms with Gasteiger partial charge in [0.05, 0.1) is 0 Å². The summed E-state index contributed by atoms with van der Waals surface area (Å²) in [6.07, 6.45) is 17.4. The molecule has 0 nitrogen and oxygen atoms in total. The molecule has 2 rings (SSSR count). The maximum Gasteiger partial charge on any atom is 0.00651 e. The molecule has 0 spiro atoms. The molecule has 1 aromatic rings. The molecule has 0 unspecified atom stereocenters. The molecule has 1 aromatic carbocycles. The van der Waals surface area contributed by atoms with Crippen LogP contribution in [0.1, 0.15) is 51.0 Å². The molecule has 0 atom stereocenters. The van der Waals surface area contributed by atoms with Gasteiger partial charge in [-0.1, -0.05) is 74.4 Å². The Morgan fingerprint density at radius 2 is 1.83 bits per heavy atom. The van der Waals surface area contributed by atoms with Gasteiger partial charge in [-0.05, 0) is 31.2 Å². The molecule has 0 bridgehead atoms. The number of hydrogen-bond acceptors (Lipinski definition) is 0. The Kier molecular flexibility index (Phi) is 4.81. The van der Waals surface area contributed by atoms with Gasteiger partial charge in [0.25, 0.3) is 0 Å². The third kappa shape index (κ3) is 4.18. The van der Waals surface area contributed by atoms with Gasteiger partial charge in [-0.3, -0.25) is 0 Å². The van der Waals surface area contributed by atoms with Crippen molar-refractivity contribution in [2.24, 2.45) is 5.41 Å². The zero-order chi connectivity index (χ0) is 12.7. The van der Waals surface area contributed by atoms with E-state index in [2.05, 4.69) is 61.6 Å². The standard InChI is InChI=1S/C18H24/c1-2-3-4-5-9-13-18(15-16-18)14-12-17-10-7-6-8-11-17/h6-14H,2-5,15-16H2,1H3. The summed E-state index contributed by atoms with van der Waals surface area (Å²) in [7, 11) is 0. The predicted octanol–water partition coefficient (Wildman–Crippen LogP) is 5.62. The topological polar surface area (TPSA) is 0 Å². The molecule has 1 aliphatic carbocycles. The molecule has 18 heavy (non-hydrogen) atoms. The van der Waals surface area contributed by atoms with Crippen LogP contribution >= 0.6 is 0 Å². The van der Waals surface area contributed by atoms with Crippen LogP contribution in [0, 0.1) is 5.41 Å². The van der Waals surface area contributed by atoms with Crippen molar-refractivity contribution in [2.45, 2.75) is 45.4 Å². The third-order valence-electron chi connectivity index (χ3n) is 3.66. The van der Waals surface area contributed by atoms with Crippen LogP contribution in [0.15, 0.2) is 48.6 Å². The first-order chi connectivity index (χ1) is 8.85. The quantitative estimate of drug-likeness (QED) is 0.429. The summed E-state index contributed by atoms with van der Waals surface area (Å²) in [6.45, 7) is 2.26. The van der Waals surface area contributed by atoms with Gasteiger partial charge in [0.15, 0.2) is 0 Å². The monoisotopic (exact) mass is 240 g/mol. The van der Waals surface area contributed by atoms with E-state index in [1.165, 1.54) is 44.1 Å². The van der Waals surface area contributed by atoms with Crippen molar-refractivity contribution in [3.63, 3.8) is 0 Å². The van der Waals surface area contributed by atoms with Crippen LogP contribution in [-0.2, 0) is 0 Å². The summed E-state index contributed by atoms with van der Waals surface area (Å²) in [5, 5.41) is 0. The van der Waals surface area contributed by atoms with Crippen LogP contribution in [0.5, 0.6) is 0 Å². The van der Waals surface area contributed by atoms with Gasteiger partial charge in [-0.15, -0.1) is 0 Å². The lowest BCUT2D eigenvalue weighted by atomic mass is 10.0. The molecule has 0 radical (unpaired) electrons. The highest BCUT2D eigenvalue weighted by Gasteiger charge is 2.36. The maximum atomic E-state index is 2.43. The SMILES string of the molecule is CCCCCC=CC1(C=Cc2ccccc2)CC1. The minimum absolute atomic E-state index is 0.391. The van der Waals surface area contributed by atoms with Crippen molar-refractivity contribution < 1.29 is 0 Å². The van der Waals surface area contributed by atoms with Crippen LogP contribution in [0.25, 0.3) is 6.08 Å². The van der Waals surface area contributed by atoms with Crippen LogP contribution in [0.4, 0.5) is 0 Å². The number of benzene rings is 1. The van der Waals surface area contributed by atoms with Crippen molar-refractivity contribution >= 4 is 6.08 Å². The summed E-state index contributed by atoms with van der Waals surface area (Å²) in [5.41, 5.74) is 1.70. The molecule has 1 saturated carbocycles. The van der Waals surface area contributed by atoms with Gasteiger partial charge < -0.3 is 0 Å². The summed E-state index contributed by atoms with van der Waals surface area (Å²) >= 11 is 0. The fraction of sp³-hybridized carbons (Fsp3) is 0.444. The molecule has 1 fully saturated rings. The Morgan fingerprint density at radius 1 is 1.06 bits per heavy atom. The minimum Gasteiger partial charge on any atom is -0.0877 e. The zero-order valence-electron chi connectivity index (χ0n) is 11.4. The van der Waals surface area contributed by atoms with E-state index in [1.54, 1.807) is 0 Å². The molecule has 0 aliphatic heterocycles. The Hall–Kier alpha value is -1.30. The van der Waals surface area contributed by atoms with E-state index < -0.39 is 0 Å². The Labute approximate surface area is 111 Å². The Balaban J connectivity index is 1.83. The number of allylic oxidation sites excluding steroid dienone is 3. The zero-order valence-corrected chi connectivity index (χ0v) is 11.4. The van der Waals surface area contributed by atoms with E-state index in [-0.39, 0.29) is 0 Å². The largest absolute Gasteiger partial charge is 0.0877 e. The second-order valence-corrected chi connectivity index (χ2v) is 5.38. The first-order valence-corrected chi connectivity index (χ1v) is 7.27. The highest BCUT2D eigenvalue weighted by Crippen LogP contribution is 2.49. The van der Waals surface area contributed by atoms with Crippen molar-refractivity contribution in [1.29, 1.82) is 0 Å². The molecular formula is C18H24. The van der Waals surface area contributed by atoms with Crippen molar-refractivity contribution in [1.82, 2.24) is 0 Å². The fourth-order valence-corrected chi connectivity index (χ4v) is 2.19. The predicted molar refractivity (Wildman–Crippen MR) is 80.4 cm³/mol. The minimum atomic E-state index is 0.391. The lowest BCUT2D eigenvalue weighted by Gasteiger charge is -2.02. The van der Waals surface area contributed by atoms with Gasteiger partial charge in [-0.2, -0.15) is 0 Å². The Morgan fingerprint density at radius 3 is 2.50 bits per heavy atom. The van der Waals surface area contributed by atoms with Crippen molar-refractivity contribution in [3.05, 3.63) is 54.1 Å². The fourth-order valence-electron chi connectivity index (χ4n) is 2.19. The van der Waals surface area contributed by atoms with Gasteiger partial charge in [0.1, 0.15) is 0 Å². The summed E-state index contributed by atoms with van der Waals surface area (Å²) in [6, 6.07) is 10.6. The molecule has 0 amide bonds. The molecule has 0 aromatic heterocycles. The molecule has 96 valence electrons. The van der Waals surface area contributed by atoms with E-state index in [1.807, 2.05) is 0 Å². The maximum absolute atomic E-state index is 2.43. The number of unbranched alkanes of at least 4 members (excludes halogenated alkanes) is 3. The number of rotatable bonds is 7. The van der Waals surface area contributed by atoms with E-state index in [4.69, 9.17) is 0 Å². The summed E-state index contributed by atoms with van der Waals surface area (Å²) in [4.78, 5) is 0. The molecule has 0 heterocycles. The molecule has 0 N–H and O–H groups in total. The normalized spacial score (nSPS) is 17.6. The van der Waals surface area contributed by atoms with Crippen LogP contribution in [-0.4, -0.2) is 0 Å². The first-order valence-electron chi connectivity index (χ1n) is 7.27. The third-order valence-corrected chi connectivity index (χ3v) is 3.66. The van der Waals surface area contributed by atoms with Crippen LogP contribution in [0.3, 0.4) is 0 Å². The first kappa shape index (κ1) is 13.1. The smallest absolute Gasteiger partial charge is 0.00651 e. The highest BCUT2D eigenvalue weighted by atomic mass is 14.4. The van der Waals surface area contributed by atoms with E-state index in [0.29, 0.717) is 5.41 Å². The molecule has 0 heteroatoms. The average molecular weight is 240 g/mol. The van der Waals surface area contributed by atoms with Gasteiger partial charge in [-0.25, -0.2) is 0 Å². The van der Waals surface area contributed by atoms with Crippen LogP contribution < -0.4 is 0 Å². The van der Waals surface area contributed by atoms with Crippen molar-refractivity contribution in [3.8, 4) is 0 Å². The van der Waals surface area contributed by atoms with Gasteiger partial charge in [0, 0.05) is 5.41 Å². The number of hydrogen-bond donors (Lipinski definition) is 0. The van der Waals surface area contributed by atoms with E-state index in [0.717, 1.165) is 0 Å². The molecule has 1 aliphatic rings. The highest BCUT2D eigenvalue weighted by molar-refractivity contribution is 5.51. The average Bonchev–Trinajstić information content (AvgIpc) is 3.18. The Bertz CT molecular complexity index is 393. The molecular weight excluding hydrogens is 216 g/mol. The summed E-state index contributed by atoms with van der Waals surface area (Å²) < 4.78 is 0. The lowest BCUT2D eigenvalue weighted by molar-refractivity contribution is 0.724. The van der Waals surface area contributed by atoms with E-state index >= 15 is 0 Å². The summed E-state index contributed by atoms with van der Waals surface area (Å²) in [5.74, 6) is 0. The second-order valence-electron chi connectivity index (χ2n) is 5.38. The van der Waals surface area contributed by atoms with Crippen LogP contribution in [0.2, 0.25) is 0 Å². The second kappa shape index (κ2) is 6.58. The van der Waals surface area contributed by atoms with E-state index in [9.17, 15) is 0 Å². The lowest BCUT2D eigenvalue weighted by Crippen LogP contribution is -1.88. The van der Waals surface area contributed by atoms with Gasteiger partial charge in [0.2, 0.25) is 0 Å². The van der Waals surface area contributed by atoms with Gasteiger partial charge >= 0.3 is 0 Å². The molecule has 0 saturated heterocycles.